The van der Waals surface area contributed by atoms with E-state index in [2.05, 4.69) is 5.16 Å². The van der Waals surface area contributed by atoms with E-state index in [0.717, 1.165) is 0 Å². The normalized spacial score (nSPS) is 11.7. The zero-order valence-corrected chi connectivity index (χ0v) is 12.4. The van der Waals surface area contributed by atoms with Gasteiger partial charge in [-0.05, 0) is 17.5 Å². The minimum absolute atomic E-state index is 0.00949. The van der Waals surface area contributed by atoms with Gasteiger partial charge in [-0.3, -0.25) is 4.79 Å². The predicted octanol–water partition coefficient (Wildman–Crippen LogP) is 1.99. The highest BCUT2D eigenvalue weighted by Crippen LogP contribution is 2.10. The third-order valence-corrected chi connectivity index (χ3v) is 3.00. The maximum absolute atomic E-state index is 13.6. The number of halogens is 1. The van der Waals surface area contributed by atoms with E-state index in [9.17, 15) is 9.18 Å². The van der Waals surface area contributed by atoms with Crippen molar-refractivity contribution in [2.24, 2.45) is 16.8 Å². The van der Waals surface area contributed by atoms with Crippen molar-refractivity contribution in [3.05, 3.63) is 35.6 Å². The monoisotopic (exact) mass is 295 g/mol. The van der Waals surface area contributed by atoms with Gasteiger partial charge in [0, 0.05) is 19.5 Å². The summed E-state index contributed by atoms with van der Waals surface area (Å²) in [5, 5.41) is 11.4. The molecular weight excluding hydrogens is 273 g/mol. The highest BCUT2D eigenvalue weighted by molar-refractivity contribution is 5.82. The molecule has 0 bridgehead atoms. The molecule has 1 rings (SSSR count). The first-order valence-electron chi connectivity index (χ1n) is 6.91. The van der Waals surface area contributed by atoms with Crippen LogP contribution in [-0.4, -0.2) is 34.9 Å². The van der Waals surface area contributed by atoms with E-state index in [0.29, 0.717) is 18.7 Å². The van der Waals surface area contributed by atoms with E-state index in [1.165, 1.54) is 6.07 Å². The molecular formula is C15H22FN3O2. The van der Waals surface area contributed by atoms with Gasteiger partial charge in [0.15, 0.2) is 0 Å². The Bertz CT molecular complexity index is 503. The van der Waals surface area contributed by atoms with E-state index in [4.69, 9.17) is 10.9 Å². The summed E-state index contributed by atoms with van der Waals surface area (Å²) in [6.45, 7) is 4.88. The van der Waals surface area contributed by atoms with Gasteiger partial charge in [0.25, 0.3) is 0 Å². The van der Waals surface area contributed by atoms with Crippen LogP contribution in [-0.2, 0) is 11.2 Å². The second kappa shape index (κ2) is 8.24. The Hall–Kier alpha value is -2.11. The summed E-state index contributed by atoms with van der Waals surface area (Å²) in [5.74, 6) is -0.198. The SMILES string of the molecule is CC(C)CN(CCC(N)=NO)C(=O)Cc1ccccc1F. The summed E-state index contributed by atoms with van der Waals surface area (Å²) >= 11 is 0. The highest BCUT2D eigenvalue weighted by Gasteiger charge is 2.17. The second-order valence-electron chi connectivity index (χ2n) is 5.34. The third kappa shape index (κ3) is 5.81. The predicted molar refractivity (Wildman–Crippen MR) is 79.5 cm³/mol. The summed E-state index contributed by atoms with van der Waals surface area (Å²) in [5.41, 5.74) is 5.81. The van der Waals surface area contributed by atoms with E-state index < -0.39 is 0 Å². The van der Waals surface area contributed by atoms with Crippen LogP contribution in [0, 0.1) is 11.7 Å². The van der Waals surface area contributed by atoms with Crippen LogP contribution < -0.4 is 5.73 Å². The fourth-order valence-corrected chi connectivity index (χ4v) is 1.97. The van der Waals surface area contributed by atoms with Crippen molar-refractivity contribution in [1.82, 2.24) is 4.90 Å². The minimum atomic E-state index is -0.383. The largest absolute Gasteiger partial charge is 0.409 e. The summed E-state index contributed by atoms with van der Waals surface area (Å²) in [7, 11) is 0. The van der Waals surface area contributed by atoms with Crippen molar-refractivity contribution in [1.29, 1.82) is 0 Å². The molecule has 0 fully saturated rings. The Morgan fingerprint density at radius 3 is 2.67 bits per heavy atom. The number of hydrogen-bond acceptors (Lipinski definition) is 3. The van der Waals surface area contributed by atoms with Crippen molar-refractivity contribution < 1.29 is 14.4 Å². The van der Waals surface area contributed by atoms with Crippen LogP contribution in [0.15, 0.2) is 29.4 Å². The van der Waals surface area contributed by atoms with Crippen LogP contribution in [0.25, 0.3) is 0 Å². The van der Waals surface area contributed by atoms with Gasteiger partial charge in [0.1, 0.15) is 11.7 Å². The minimum Gasteiger partial charge on any atom is -0.409 e. The van der Waals surface area contributed by atoms with Gasteiger partial charge >= 0.3 is 0 Å². The molecule has 0 saturated carbocycles. The van der Waals surface area contributed by atoms with Gasteiger partial charge in [-0.2, -0.15) is 0 Å². The van der Waals surface area contributed by atoms with Crippen LogP contribution in [0.4, 0.5) is 4.39 Å². The lowest BCUT2D eigenvalue weighted by Crippen LogP contribution is -2.37. The molecule has 0 atom stereocenters. The molecule has 0 heterocycles. The van der Waals surface area contributed by atoms with Crippen LogP contribution in [0.1, 0.15) is 25.8 Å². The summed E-state index contributed by atoms with van der Waals surface area (Å²) in [6.07, 6.45) is 0.293. The van der Waals surface area contributed by atoms with Gasteiger partial charge < -0.3 is 15.8 Å². The van der Waals surface area contributed by atoms with Crippen LogP contribution >= 0.6 is 0 Å². The number of nitrogens with zero attached hydrogens (tertiary/aromatic N) is 2. The van der Waals surface area contributed by atoms with Crippen LogP contribution in [0.2, 0.25) is 0 Å². The Balaban J connectivity index is 2.73. The van der Waals surface area contributed by atoms with Gasteiger partial charge in [-0.1, -0.05) is 37.2 Å². The van der Waals surface area contributed by atoms with Crippen molar-refractivity contribution in [2.75, 3.05) is 13.1 Å². The molecule has 0 aliphatic rings. The number of rotatable bonds is 7. The van der Waals surface area contributed by atoms with E-state index in [-0.39, 0.29) is 36.3 Å². The number of nitrogens with two attached hydrogens (primary N) is 1. The molecule has 0 aliphatic heterocycles. The Morgan fingerprint density at radius 2 is 2.10 bits per heavy atom. The van der Waals surface area contributed by atoms with E-state index >= 15 is 0 Å². The lowest BCUT2D eigenvalue weighted by Gasteiger charge is -2.24. The van der Waals surface area contributed by atoms with Gasteiger partial charge in [0.2, 0.25) is 5.91 Å². The van der Waals surface area contributed by atoms with Crippen molar-refractivity contribution >= 4 is 11.7 Å². The standard InChI is InChI=1S/C15H22FN3O2/c1-11(2)10-19(8-7-14(17)18-21)15(20)9-12-5-3-4-6-13(12)16/h3-6,11,21H,7-10H2,1-2H3,(H2,17,18). The molecule has 21 heavy (non-hydrogen) atoms. The number of hydrogen-bond donors (Lipinski definition) is 2. The third-order valence-electron chi connectivity index (χ3n) is 3.00. The van der Waals surface area contributed by atoms with Crippen molar-refractivity contribution in [3.63, 3.8) is 0 Å². The number of oxime groups is 1. The average Bonchev–Trinajstić information content (AvgIpc) is 2.45. The molecule has 1 amide bonds. The van der Waals surface area contributed by atoms with Crippen molar-refractivity contribution in [3.8, 4) is 0 Å². The topological polar surface area (TPSA) is 78.9 Å². The summed E-state index contributed by atoms with van der Waals surface area (Å²) < 4.78 is 13.6. The summed E-state index contributed by atoms with van der Waals surface area (Å²) in [6, 6.07) is 6.23. The fraction of sp³-hybridized carbons (Fsp3) is 0.467. The first-order chi connectivity index (χ1) is 9.93. The molecule has 6 heteroatoms. The lowest BCUT2D eigenvalue weighted by molar-refractivity contribution is -0.131. The average molecular weight is 295 g/mol. The lowest BCUT2D eigenvalue weighted by atomic mass is 10.1. The number of amidine groups is 1. The Labute approximate surface area is 124 Å². The first kappa shape index (κ1) is 16.9. The zero-order chi connectivity index (χ0) is 15.8. The molecule has 1 aromatic rings. The fourth-order valence-electron chi connectivity index (χ4n) is 1.97. The Morgan fingerprint density at radius 1 is 1.43 bits per heavy atom. The molecule has 0 aliphatic carbocycles. The number of carbonyl (C=O) groups is 1. The number of amides is 1. The number of carbonyl (C=O) groups excluding carboxylic acids is 1. The number of benzene rings is 1. The molecule has 0 unspecified atom stereocenters. The quantitative estimate of drug-likeness (QED) is 0.349. The van der Waals surface area contributed by atoms with Crippen molar-refractivity contribution in [2.45, 2.75) is 26.7 Å². The highest BCUT2D eigenvalue weighted by atomic mass is 19.1. The summed E-state index contributed by atoms with van der Waals surface area (Å²) in [4.78, 5) is 13.9. The van der Waals surface area contributed by atoms with Crippen LogP contribution in [0.3, 0.4) is 0 Å². The molecule has 0 saturated heterocycles. The molecule has 3 N–H and O–H groups in total. The molecule has 1 aromatic carbocycles. The van der Waals surface area contributed by atoms with Gasteiger partial charge in [-0.15, -0.1) is 0 Å². The van der Waals surface area contributed by atoms with E-state index in [1.54, 1.807) is 23.1 Å². The smallest absolute Gasteiger partial charge is 0.227 e. The molecule has 5 nitrogen and oxygen atoms in total. The Kier molecular flexibility index (Phi) is 6.65. The second-order valence-corrected chi connectivity index (χ2v) is 5.34. The molecule has 0 radical (unpaired) electrons. The molecule has 0 aromatic heterocycles. The zero-order valence-electron chi connectivity index (χ0n) is 12.4. The van der Waals surface area contributed by atoms with Gasteiger partial charge in [-0.25, -0.2) is 4.39 Å². The molecule has 116 valence electrons. The maximum atomic E-state index is 13.6. The van der Waals surface area contributed by atoms with Gasteiger partial charge in [0.05, 0.1) is 6.42 Å². The first-order valence-corrected chi connectivity index (χ1v) is 6.91. The molecule has 0 spiro atoms. The maximum Gasteiger partial charge on any atom is 0.227 e. The van der Waals surface area contributed by atoms with Crippen LogP contribution in [0.5, 0.6) is 0 Å². The van der Waals surface area contributed by atoms with E-state index in [1.807, 2.05) is 13.8 Å².